The molecule has 1 unspecified atom stereocenters. The van der Waals surface area contributed by atoms with Gasteiger partial charge < -0.3 is 10.2 Å². The molecular formula is C9H13N3O2. The molecule has 2 aliphatic heterocycles. The predicted molar refractivity (Wildman–Crippen MR) is 50.8 cm³/mol. The van der Waals surface area contributed by atoms with E-state index < -0.39 is 5.92 Å². The van der Waals surface area contributed by atoms with Crippen molar-refractivity contribution >= 4 is 18.2 Å². The minimum absolute atomic E-state index is 0.108. The van der Waals surface area contributed by atoms with Crippen LogP contribution in [-0.2, 0) is 9.59 Å². The summed E-state index contributed by atoms with van der Waals surface area (Å²) in [6.07, 6.45) is 3.08. The zero-order valence-corrected chi connectivity index (χ0v) is 7.90. The number of carbonyl (C=O) groups excluding carboxylic acids is 2. The maximum Gasteiger partial charge on any atom is 0.240 e. The highest BCUT2D eigenvalue weighted by molar-refractivity contribution is 6.04. The van der Waals surface area contributed by atoms with E-state index in [1.165, 1.54) is 11.2 Å². The minimum Gasteiger partial charge on any atom is -0.355 e. The average molecular weight is 195 g/mol. The average Bonchev–Trinajstić information content (AvgIpc) is 2.70. The summed E-state index contributed by atoms with van der Waals surface area (Å²) >= 11 is 0. The second kappa shape index (κ2) is 3.77. The van der Waals surface area contributed by atoms with Gasteiger partial charge in [-0.25, -0.2) is 0 Å². The van der Waals surface area contributed by atoms with Gasteiger partial charge in [0.25, 0.3) is 0 Å². The molecule has 5 nitrogen and oxygen atoms in total. The van der Waals surface area contributed by atoms with Gasteiger partial charge in [0, 0.05) is 13.1 Å². The van der Waals surface area contributed by atoms with E-state index in [-0.39, 0.29) is 11.8 Å². The molecule has 1 fully saturated rings. The second-order valence-electron chi connectivity index (χ2n) is 3.54. The molecule has 5 heteroatoms. The van der Waals surface area contributed by atoms with Gasteiger partial charge in [-0.3, -0.25) is 14.6 Å². The van der Waals surface area contributed by atoms with Crippen LogP contribution < -0.4 is 5.32 Å². The van der Waals surface area contributed by atoms with Crippen molar-refractivity contribution in [3.05, 3.63) is 0 Å². The topological polar surface area (TPSA) is 61.8 Å². The molecule has 0 saturated carbocycles. The number of nitrogens with zero attached hydrogens (tertiary/aromatic N) is 2. The maximum atomic E-state index is 11.8. The van der Waals surface area contributed by atoms with Crippen molar-refractivity contribution in [2.75, 3.05) is 19.6 Å². The molecule has 0 spiro atoms. The third kappa shape index (κ3) is 1.62. The molecule has 0 bridgehead atoms. The summed E-state index contributed by atoms with van der Waals surface area (Å²) in [6, 6.07) is 0. The lowest BCUT2D eigenvalue weighted by molar-refractivity contribution is -0.140. The van der Waals surface area contributed by atoms with E-state index in [4.69, 9.17) is 0 Å². The van der Waals surface area contributed by atoms with Crippen LogP contribution in [0.1, 0.15) is 12.8 Å². The quantitative estimate of drug-likeness (QED) is 0.567. The Balaban J connectivity index is 2.02. The zero-order chi connectivity index (χ0) is 9.97. The molecule has 1 saturated heterocycles. The van der Waals surface area contributed by atoms with Gasteiger partial charge in [-0.2, -0.15) is 0 Å². The molecule has 14 heavy (non-hydrogen) atoms. The monoisotopic (exact) mass is 195 g/mol. The highest BCUT2D eigenvalue weighted by atomic mass is 16.2. The Bertz CT molecular complexity index is 288. The number of rotatable bonds is 1. The molecule has 0 aliphatic carbocycles. The van der Waals surface area contributed by atoms with Gasteiger partial charge >= 0.3 is 0 Å². The number of hydrogen-bond acceptors (Lipinski definition) is 3. The van der Waals surface area contributed by atoms with Crippen molar-refractivity contribution in [1.82, 2.24) is 10.2 Å². The highest BCUT2D eigenvalue weighted by Crippen LogP contribution is 2.14. The molecule has 2 heterocycles. The van der Waals surface area contributed by atoms with Crippen LogP contribution in [0.25, 0.3) is 0 Å². The van der Waals surface area contributed by atoms with Crippen LogP contribution in [0.4, 0.5) is 0 Å². The Morgan fingerprint density at radius 2 is 2.50 bits per heavy atom. The number of aliphatic imine (C=N–C) groups is 1. The summed E-state index contributed by atoms with van der Waals surface area (Å²) < 4.78 is 0. The fourth-order valence-corrected chi connectivity index (χ4v) is 1.75. The summed E-state index contributed by atoms with van der Waals surface area (Å²) in [7, 11) is 0. The van der Waals surface area contributed by atoms with Crippen molar-refractivity contribution in [1.29, 1.82) is 0 Å². The Morgan fingerprint density at radius 3 is 3.14 bits per heavy atom. The van der Waals surface area contributed by atoms with E-state index in [0.29, 0.717) is 26.1 Å². The number of piperidine rings is 1. The summed E-state index contributed by atoms with van der Waals surface area (Å²) in [6.45, 7) is 1.96. The molecule has 1 atom stereocenters. The molecule has 2 amide bonds. The summed E-state index contributed by atoms with van der Waals surface area (Å²) in [5.74, 6) is -0.738. The zero-order valence-electron chi connectivity index (χ0n) is 7.90. The fraction of sp³-hybridized carbons (Fsp3) is 0.667. The molecule has 0 aromatic carbocycles. The third-order valence-corrected chi connectivity index (χ3v) is 2.56. The van der Waals surface area contributed by atoms with E-state index in [9.17, 15) is 9.59 Å². The van der Waals surface area contributed by atoms with E-state index in [2.05, 4.69) is 10.3 Å². The lowest BCUT2D eigenvalue weighted by atomic mass is 9.97. The first-order valence-corrected chi connectivity index (χ1v) is 4.87. The van der Waals surface area contributed by atoms with Gasteiger partial charge in [-0.1, -0.05) is 0 Å². The third-order valence-electron chi connectivity index (χ3n) is 2.56. The molecule has 76 valence electrons. The summed E-state index contributed by atoms with van der Waals surface area (Å²) in [5.41, 5.74) is 0. The number of carbonyl (C=O) groups is 2. The van der Waals surface area contributed by atoms with Crippen LogP contribution in [0, 0.1) is 5.92 Å². The molecular weight excluding hydrogens is 182 g/mol. The molecule has 0 aromatic rings. The van der Waals surface area contributed by atoms with Gasteiger partial charge in [0.05, 0.1) is 12.9 Å². The van der Waals surface area contributed by atoms with Crippen LogP contribution in [0.5, 0.6) is 0 Å². The molecule has 2 aliphatic rings. The largest absolute Gasteiger partial charge is 0.355 e. The smallest absolute Gasteiger partial charge is 0.240 e. The lowest BCUT2D eigenvalue weighted by Crippen LogP contribution is -2.45. The highest BCUT2D eigenvalue weighted by Gasteiger charge is 2.32. The van der Waals surface area contributed by atoms with Gasteiger partial charge in [0.1, 0.15) is 5.92 Å². The predicted octanol–water partition coefficient (Wildman–Crippen LogP) is -0.617. The van der Waals surface area contributed by atoms with Crippen molar-refractivity contribution in [2.24, 2.45) is 10.9 Å². The van der Waals surface area contributed by atoms with Crippen LogP contribution in [0.15, 0.2) is 4.99 Å². The number of amides is 2. The summed E-state index contributed by atoms with van der Waals surface area (Å²) in [5, 5.41) is 2.71. The van der Waals surface area contributed by atoms with E-state index in [0.717, 1.165) is 6.42 Å². The van der Waals surface area contributed by atoms with Gasteiger partial charge in [0.15, 0.2) is 0 Å². The standard InChI is InChI=1S/C9H13N3O2/c13-8-7(2-1-3-11-8)9(14)12-5-4-10-6-12/h6-7H,1-5H2,(H,11,13). The number of hydrogen-bond donors (Lipinski definition) is 1. The molecule has 0 aromatic heterocycles. The fourth-order valence-electron chi connectivity index (χ4n) is 1.75. The second-order valence-corrected chi connectivity index (χ2v) is 3.54. The molecule has 1 N–H and O–H groups in total. The minimum atomic E-state index is -0.492. The summed E-state index contributed by atoms with van der Waals surface area (Å²) in [4.78, 5) is 28.7. The van der Waals surface area contributed by atoms with Gasteiger partial charge in [-0.05, 0) is 12.8 Å². The van der Waals surface area contributed by atoms with Gasteiger partial charge in [-0.15, -0.1) is 0 Å². The van der Waals surface area contributed by atoms with Crippen molar-refractivity contribution in [2.45, 2.75) is 12.8 Å². The first-order valence-electron chi connectivity index (χ1n) is 4.87. The van der Waals surface area contributed by atoms with Crippen LogP contribution in [0.2, 0.25) is 0 Å². The molecule has 2 rings (SSSR count). The first-order chi connectivity index (χ1) is 6.79. The van der Waals surface area contributed by atoms with E-state index >= 15 is 0 Å². The van der Waals surface area contributed by atoms with Crippen LogP contribution in [-0.4, -0.2) is 42.7 Å². The van der Waals surface area contributed by atoms with Crippen molar-refractivity contribution < 1.29 is 9.59 Å². The first kappa shape index (κ1) is 9.18. The van der Waals surface area contributed by atoms with Crippen molar-refractivity contribution in [3.63, 3.8) is 0 Å². The van der Waals surface area contributed by atoms with Crippen LogP contribution in [0.3, 0.4) is 0 Å². The normalized spacial score (nSPS) is 26.4. The SMILES string of the molecule is O=C1NCCCC1C(=O)N1C=NCC1. The van der Waals surface area contributed by atoms with Crippen LogP contribution >= 0.6 is 0 Å². The van der Waals surface area contributed by atoms with Gasteiger partial charge in [0.2, 0.25) is 11.8 Å². The van der Waals surface area contributed by atoms with Crippen molar-refractivity contribution in [3.8, 4) is 0 Å². The Kier molecular flexibility index (Phi) is 2.47. The number of nitrogens with one attached hydrogen (secondary N) is 1. The van der Waals surface area contributed by atoms with E-state index in [1.54, 1.807) is 0 Å². The maximum absolute atomic E-state index is 11.8. The lowest BCUT2D eigenvalue weighted by Gasteiger charge is -2.23. The molecule has 0 radical (unpaired) electrons. The van der Waals surface area contributed by atoms with E-state index in [1.807, 2.05) is 0 Å². The Labute approximate surface area is 82.2 Å². The Morgan fingerprint density at radius 1 is 1.64 bits per heavy atom. The Hall–Kier alpha value is -1.39.